The number of hydrogen-bond donors (Lipinski definition) is 3. The van der Waals surface area contributed by atoms with Crippen molar-refractivity contribution in [3.05, 3.63) is 0 Å². The van der Waals surface area contributed by atoms with E-state index in [1.165, 1.54) is 6.92 Å². The second-order valence-electron chi connectivity index (χ2n) is 3.30. The number of carbonyl (C=O) groups excluding carboxylic acids is 1. The van der Waals surface area contributed by atoms with Crippen LogP contribution in [0.5, 0.6) is 0 Å². The van der Waals surface area contributed by atoms with Gasteiger partial charge >= 0.3 is 5.97 Å². The minimum absolute atomic E-state index is 0.274. The minimum atomic E-state index is -2.86. The maximum atomic E-state index is 11.8. The predicted molar refractivity (Wildman–Crippen MR) is 47.5 cm³/mol. The Morgan fingerprint density at radius 2 is 2.13 bits per heavy atom. The Balaban J connectivity index is 3.90. The van der Waals surface area contributed by atoms with Crippen molar-refractivity contribution in [3.63, 3.8) is 0 Å². The Labute approximate surface area is 86.0 Å². The summed E-state index contributed by atoms with van der Waals surface area (Å²) >= 11 is 0. The lowest BCUT2D eigenvalue weighted by Gasteiger charge is -2.21. The van der Waals surface area contributed by atoms with Crippen LogP contribution in [0.2, 0.25) is 0 Å². The van der Waals surface area contributed by atoms with Crippen LogP contribution in [0.15, 0.2) is 0 Å². The first-order valence-electron chi connectivity index (χ1n) is 4.29. The zero-order valence-corrected chi connectivity index (χ0v) is 8.54. The lowest BCUT2D eigenvalue weighted by Crippen LogP contribution is -2.47. The molecule has 7 heteroatoms. The molecule has 0 saturated carbocycles. The first kappa shape index (κ1) is 14.2. The van der Waals surface area contributed by atoms with E-state index in [1.807, 2.05) is 0 Å². The number of rotatable bonds is 6. The average Bonchev–Trinajstić information content (AvgIpc) is 2.15. The van der Waals surface area contributed by atoms with E-state index < -0.39 is 30.6 Å². The van der Waals surface area contributed by atoms with Crippen LogP contribution in [0.4, 0.5) is 8.78 Å². The number of halogens is 2. The Kier molecular flexibility index (Phi) is 5.63. The van der Waals surface area contributed by atoms with Gasteiger partial charge in [0.2, 0.25) is 0 Å². The van der Waals surface area contributed by atoms with E-state index >= 15 is 0 Å². The van der Waals surface area contributed by atoms with Crippen molar-refractivity contribution >= 4 is 5.97 Å². The summed E-state index contributed by atoms with van der Waals surface area (Å²) in [5.74, 6) is -0.874. The number of alkyl halides is 2. The molecule has 0 aromatic rings. The van der Waals surface area contributed by atoms with Gasteiger partial charge in [0.25, 0.3) is 6.43 Å². The van der Waals surface area contributed by atoms with Crippen LogP contribution in [0, 0.1) is 0 Å². The summed E-state index contributed by atoms with van der Waals surface area (Å²) in [5.41, 5.74) is -1.80. The second kappa shape index (κ2) is 5.94. The number of aliphatic hydroxyl groups excluding tert-OH is 1. The van der Waals surface area contributed by atoms with Gasteiger partial charge in [-0.15, -0.1) is 0 Å². The van der Waals surface area contributed by atoms with Gasteiger partial charge in [-0.2, -0.15) is 0 Å². The fraction of sp³-hybridized carbons (Fsp3) is 0.875. The van der Waals surface area contributed by atoms with Crippen LogP contribution in [-0.2, 0) is 9.53 Å². The molecule has 0 aromatic heterocycles. The van der Waals surface area contributed by atoms with E-state index in [0.29, 0.717) is 0 Å². The first-order chi connectivity index (χ1) is 6.81. The smallest absolute Gasteiger partial charge is 0.338 e. The molecular formula is C8H15F2NO4. The Hall–Kier alpha value is -0.790. The molecule has 2 atom stereocenters. The Bertz CT molecular complexity index is 211. The third-order valence-electron chi connectivity index (χ3n) is 1.74. The summed E-state index contributed by atoms with van der Waals surface area (Å²) in [6.07, 6.45) is -4.68. The summed E-state index contributed by atoms with van der Waals surface area (Å²) in [5, 5.41) is 20.5. The van der Waals surface area contributed by atoms with Crippen LogP contribution in [0.3, 0.4) is 0 Å². The molecule has 0 aliphatic carbocycles. The van der Waals surface area contributed by atoms with E-state index in [1.54, 1.807) is 0 Å². The summed E-state index contributed by atoms with van der Waals surface area (Å²) in [4.78, 5) is 10.9. The molecule has 0 amide bonds. The molecule has 0 rings (SSSR count). The molecular weight excluding hydrogens is 212 g/mol. The number of hydrogen-bond acceptors (Lipinski definition) is 5. The Morgan fingerprint density at radius 1 is 1.60 bits per heavy atom. The van der Waals surface area contributed by atoms with Crippen molar-refractivity contribution in [2.24, 2.45) is 0 Å². The molecule has 0 aliphatic heterocycles. The topological polar surface area (TPSA) is 78.8 Å². The molecule has 5 nitrogen and oxygen atoms in total. The monoisotopic (exact) mass is 227 g/mol. The van der Waals surface area contributed by atoms with Crippen molar-refractivity contribution in [2.45, 2.75) is 25.1 Å². The lowest BCUT2D eigenvalue weighted by molar-refractivity contribution is -0.160. The van der Waals surface area contributed by atoms with Gasteiger partial charge in [0.05, 0.1) is 7.11 Å². The standard InChI is InChI=1S/C8H15F2NO4/c1-8(14,7(13)15-2)4-11-3-5(12)6(9)10/h5-6,11-12,14H,3-4H2,1-2H3. The van der Waals surface area contributed by atoms with Crippen LogP contribution >= 0.6 is 0 Å². The fourth-order valence-corrected chi connectivity index (χ4v) is 0.845. The zero-order chi connectivity index (χ0) is 12.1. The van der Waals surface area contributed by atoms with E-state index in [0.717, 1.165) is 7.11 Å². The molecule has 0 aromatic carbocycles. The van der Waals surface area contributed by atoms with Gasteiger partial charge in [0, 0.05) is 13.1 Å². The van der Waals surface area contributed by atoms with Crippen LogP contribution in [0.25, 0.3) is 0 Å². The summed E-state index contributed by atoms with van der Waals surface area (Å²) in [6.45, 7) is 0.495. The predicted octanol–water partition coefficient (Wildman–Crippen LogP) is -0.874. The number of methoxy groups -OCH3 is 1. The first-order valence-corrected chi connectivity index (χ1v) is 4.29. The van der Waals surface area contributed by atoms with Crippen LogP contribution < -0.4 is 5.32 Å². The van der Waals surface area contributed by atoms with Gasteiger partial charge in [-0.05, 0) is 6.92 Å². The molecule has 0 bridgehead atoms. The number of esters is 1. The number of aliphatic hydroxyl groups is 2. The SMILES string of the molecule is COC(=O)C(C)(O)CNCC(O)C(F)F. The number of ether oxygens (including phenoxy) is 1. The summed E-state index contributed by atoms with van der Waals surface area (Å²) < 4.78 is 27.9. The molecule has 90 valence electrons. The van der Waals surface area contributed by atoms with Crippen molar-refractivity contribution < 1.29 is 28.5 Å². The summed E-state index contributed by atoms with van der Waals surface area (Å²) in [6, 6.07) is 0. The molecule has 0 heterocycles. The van der Waals surface area contributed by atoms with E-state index in [2.05, 4.69) is 10.1 Å². The van der Waals surface area contributed by atoms with Crippen molar-refractivity contribution in [1.82, 2.24) is 5.32 Å². The van der Waals surface area contributed by atoms with E-state index in [9.17, 15) is 18.7 Å². The minimum Gasteiger partial charge on any atom is -0.467 e. The highest BCUT2D eigenvalue weighted by atomic mass is 19.3. The van der Waals surface area contributed by atoms with Gasteiger partial charge in [-0.3, -0.25) is 0 Å². The quantitative estimate of drug-likeness (QED) is 0.514. The van der Waals surface area contributed by atoms with Crippen LogP contribution in [-0.4, -0.2) is 54.5 Å². The second-order valence-corrected chi connectivity index (χ2v) is 3.30. The van der Waals surface area contributed by atoms with Crippen molar-refractivity contribution in [2.75, 3.05) is 20.2 Å². The summed E-state index contributed by atoms with van der Waals surface area (Å²) in [7, 11) is 1.10. The highest BCUT2D eigenvalue weighted by Crippen LogP contribution is 2.04. The van der Waals surface area contributed by atoms with Gasteiger partial charge in [-0.1, -0.05) is 0 Å². The highest BCUT2D eigenvalue weighted by Gasteiger charge is 2.31. The lowest BCUT2D eigenvalue weighted by atomic mass is 10.1. The van der Waals surface area contributed by atoms with Crippen LogP contribution in [0.1, 0.15) is 6.92 Å². The fourth-order valence-electron chi connectivity index (χ4n) is 0.845. The largest absolute Gasteiger partial charge is 0.467 e. The Morgan fingerprint density at radius 3 is 2.53 bits per heavy atom. The van der Waals surface area contributed by atoms with Gasteiger partial charge in [0.1, 0.15) is 6.10 Å². The average molecular weight is 227 g/mol. The van der Waals surface area contributed by atoms with E-state index in [-0.39, 0.29) is 6.54 Å². The molecule has 0 aliphatic rings. The van der Waals surface area contributed by atoms with Gasteiger partial charge < -0.3 is 20.3 Å². The van der Waals surface area contributed by atoms with Gasteiger partial charge in [0.15, 0.2) is 5.60 Å². The number of nitrogens with one attached hydrogen (secondary N) is 1. The third-order valence-corrected chi connectivity index (χ3v) is 1.74. The molecule has 0 fully saturated rings. The maximum absolute atomic E-state index is 11.8. The maximum Gasteiger partial charge on any atom is 0.338 e. The molecule has 2 unspecified atom stereocenters. The van der Waals surface area contributed by atoms with Gasteiger partial charge in [-0.25, -0.2) is 13.6 Å². The van der Waals surface area contributed by atoms with Crippen molar-refractivity contribution in [3.8, 4) is 0 Å². The molecule has 0 saturated heterocycles. The molecule has 0 spiro atoms. The highest BCUT2D eigenvalue weighted by molar-refractivity contribution is 5.78. The molecule has 3 N–H and O–H groups in total. The zero-order valence-electron chi connectivity index (χ0n) is 8.54. The van der Waals surface area contributed by atoms with Crippen molar-refractivity contribution in [1.29, 1.82) is 0 Å². The molecule has 15 heavy (non-hydrogen) atoms. The number of carbonyl (C=O) groups is 1. The normalized spacial score (nSPS) is 17.3. The van der Waals surface area contributed by atoms with E-state index in [4.69, 9.17) is 5.11 Å². The third kappa shape index (κ3) is 5.01. The molecule has 0 radical (unpaired) electrons.